The third-order valence-electron chi connectivity index (χ3n) is 2.79. The summed E-state index contributed by atoms with van der Waals surface area (Å²) in [6.45, 7) is 1.83. The van der Waals surface area contributed by atoms with Crippen LogP contribution in [0.4, 0.5) is 13.2 Å². The maximum atomic E-state index is 12.6. The normalized spacial score (nSPS) is 11.7. The maximum Gasteiger partial charge on any atom is 0.416 e. The van der Waals surface area contributed by atoms with Gasteiger partial charge < -0.3 is 0 Å². The Hall–Kier alpha value is -1.19. The molecule has 0 fully saturated rings. The van der Waals surface area contributed by atoms with Crippen LogP contribution >= 0.6 is 23.2 Å². The molecular formula is C14H9Cl2F3. The molecule has 2 aromatic carbocycles. The molecule has 0 atom stereocenters. The van der Waals surface area contributed by atoms with E-state index in [1.54, 1.807) is 12.1 Å². The predicted molar refractivity (Wildman–Crippen MR) is 71.6 cm³/mol. The molecule has 0 aliphatic carbocycles. The van der Waals surface area contributed by atoms with E-state index in [0.717, 1.165) is 17.7 Å². The number of hydrogen-bond acceptors (Lipinski definition) is 0. The fourth-order valence-electron chi connectivity index (χ4n) is 1.87. The first-order chi connectivity index (χ1) is 8.80. The molecule has 0 heterocycles. The summed E-state index contributed by atoms with van der Waals surface area (Å²) in [5.74, 6) is 0. The summed E-state index contributed by atoms with van der Waals surface area (Å²) >= 11 is 12.0. The van der Waals surface area contributed by atoms with Crippen LogP contribution in [-0.4, -0.2) is 0 Å². The lowest BCUT2D eigenvalue weighted by molar-refractivity contribution is -0.137. The first-order valence-corrected chi connectivity index (χ1v) is 6.18. The van der Waals surface area contributed by atoms with Crippen LogP contribution in [-0.2, 0) is 6.18 Å². The van der Waals surface area contributed by atoms with Crippen LogP contribution in [0.5, 0.6) is 0 Å². The molecule has 0 aliphatic rings. The van der Waals surface area contributed by atoms with Crippen LogP contribution in [0.2, 0.25) is 10.0 Å². The molecule has 0 nitrogen and oxygen atoms in total. The lowest BCUT2D eigenvalue weighted by Crippen LogP contribution is -2.04. The maximum absolute atomic E-state index is 12.6. The topological polar surface area (TPSA) is 0 Å². The molecule has 0 aliphatic heterocycles. The highest BCUT2D eigenvalue weighted by molar-refractivity contribution is 6.36. The van der Waals surface area contributed by atoms with Crippen molar-refractivity contribution in [2.24, 2.45) is 0 Å². The Kier molecular flexibility index (Phi) is 3.79. The molecule has 0 saturated carbocycles. The van der Waals surface area contributed by atoms with E-state index in [9.17, 15) is 13.2 Å². The van der Waals surface area contributed by atoms with E-state index in [0.29, 0.717) is 16.1 Å². The van der Waals surface area contributed by atoms with Gasteiger partial charge in [-0.05, 0) is 30.7 Å². The minimum Gasteiger partial charge on any atom is -0.166 e. The van der Waals surface area contributed by atoms with Gasteiger partial charge in [0, 0.05) is 21.2 Å². The standard InChI is InChI=1S/C14H9Cl2F3/c1-8-3-2-4-11(15)13(8)10-6-5-9(7-12(10)16)14(17,18)19/h2-7H,1H3. The van der Waals surface area contributed by atoms with Crippen molar-refractivity contribution in [3.05, 3.63) is 57.6 Å². The van der Waals surface area contributed by atoms with Crippen LogP contribution in [0.3, 0.4) is 0 Å². The number of benzene rings is 2. The number of alkyl halides is 3. The SMILES string of the molecule is Cc1cccc(Cl)c1-c1ccc(C(F)(F)F)cc1Cl. The Labute approximate surface area is 118 Å². The van der Waals surface area contributed by atoms with E-state index in [1.165, 1.54) is 6.07 Å². The molecule has 2 aromatic rings. The number of hydrogen-bond donors (Lipinski definition) is 0. The molecule has 19 heavy (non-hydrogen) atoms. The van der Waals surface area contributed by atoms with E-state index in [4.69, 9.17) is 23.2 Å². The van der Waals surface area contributed by atoms with E-state index in [1.807, 2.05) is 13.0 Å². The third kappa shape index (κ3) is 2.88. The van der Waals surface area contributed by atoms with Crippen LogP contribution in [0.15, 0.2) is 36.4 Å². The summed E-state index contributed by atoms with van der Waals surface area (Å²) < 4.78 is 37.7. The van der Waals surface area contributed by atoms with Gasteiger partial charge in [-0.2, -0.15) is 13.2 Å². The highest BCUT2D eigenvalue weighted by Crippen LogP contribution is 2.39. The average molecular weight is 305 g/mol. The largest absolute Gasteiger partial charge is 0.416 e. The van der Waals surface area contributed by atoms with Crippen molar-refractivity contribution in [2.75, 3.05) is 0 Å². The van der Waals surface area contributed by atoms with Gasteiger partial charge in [-0.25, -0.2) is 0 Å². The van der Waals surface area contributed by atoms with Crippen molar-refractivity contribution in [3.8, 4) is 11.1 Å². The molecule has 0 saturated heterocycles. The van der Waals surface area contributed by atoms with Crippen LogP contribution in [0.25, 0.3) is 11.1 Å². The summed E-state index contributed by atoms with van der Waals surface area (Å²) in [6, 6.07) is 8.55. The van der Waals surface area contributed by atoms with Gasteiger partial charge in [-0.15, -0.1) is 0 Å². The lowest BCUT2D eigenvalue weighted by atomic mass is 9.99. The second-order valence-electron chi connectivity index (χ2n) is 4.12. The van der Waals surface area contributed by atoms with Crippen molar-refractivity contribution in [2.45, 2.75) is 13.1 Å². The molecular weight excluding hydrogens is 296 g/mol. The van der Waals surface area contributed by atoms with E-state index in [2.05, 4.69) is 0 Å². The van der Waals surface area contributed by atoms with Gasteiger partial charge in [-0.1, -0.05) is 41.4 Å². The Bertz CT molecular complexity index is 598. The minimum atomic E-state index is -4.41. The number of aryl methyl sites for hydroxylation is 1. The Morgan fingerprint density at radius 3 is 2.16 bits per heavy atom. The zero-order chi connectivity index (χ0) is 14.2. The van der Waals surface area contributed by atoms with Crippen molar-refractivity contribution in [1.29, 1.82) is 0 Å². The Morgan fingerprint density at radius 1 is 0.947 bits per heavy atom. The molecule has 0 N–H and O–H groups in total. The van der Waals surface area contributed by atoms with Gasteiger partial charge in [0.2, 0.25) is 0 Å². The van der Waals surface area contributed by atoms with Gasteiger partial charge in [0.25, 0.3) is 0 Å². The zero-order valence-electron chi connectivity index (χ0n) is 9.85. The molecule has 0 spiro atoms. The molecule has 5 heteroatoms. The number of rotatable bonds is 1. The average Bonchev–Trinajstić information content (AvgIpc) is 2.29. The van der Waals surface area contributed by atoms with Gasteiger partial charge in [0.05, 0.1) is 5.56 Å². The van der Waals surface area contributed by atoms with Crippen molar-refractivity contribution in [1.82, 2.24) is 0 Å². The molecule has 2 rings (SSSR count). The summed E-state index contributed by atoms with van der Waals surface area (Å²) in [7, 11) is 0. The first kappa shape index (κ1) is 14.2. The highest BCUT2D eigenvalue weighted by atomic mass is 35.5. The predicted octanol–water partition coefficient (Wildman–Crippen LogP) is 5.99. The zero-order valence-corrected chi connectivity index (χ0v) is 11.4. The van der Waals surface area contributed by atoms with Gasteiger partial charge in [-0.3, -0.25) is 0 Å². The summed E-state index contributed by atoms with van der Waals surface area (Å²) in [5, 5.41) is 0.493. The highest BCUT2D eigenvalue weighted by Gasteiger charge is 2.31. The molecule has 0 unspecified atom stereocenters. The smallest absolute Gasteiger partial charge is 0.166 e. The van der Waals surface area contributed by atoms with E-state index < -0.39 is 11.7 Å². The third-order valence-corrected chi connectivity index (χ3v) is 3.42. The fraction of sp³-hybridized carbons (Fsp3) is 0.143. The second kappa shape index (κ2) is 5.06. The molecule has 0 radical (unpaired) electrons. The second-order valence-corrected chi connectivity index (χ2v) is 4.94. The minimum absolute atomic E-state index is 0.0334. The van der Waals surface area contributed by atoms with Crippen LogP contribution in [0.1, 0.15) is 11.1 Å². The van der Waals surface area contributed by atoms with E-state index in [-0.39, 0.29) is 5.02 Å². The monoisotopic (exact) mass is 304 g/mol. The quantitative estimate of drug-likeness (QED) is 0.607. The van der Waals surface area contributed by atoms with Crippen LogP contribution in [0, 0.1) is 6.92 Å². The molecule has 100 valence electrons. The van der Waals surface area contributed by atoms with Crippen LogP contribution < -0.4 is 0 Å². The lowest BCUT2D eigenvalue weighted by Gasteiger charge is -2.13. The Balaban J connectivity index is 2.59. The van der Waals surface area contributed by atoms with Crippen molar-refractivity contribution in [3.63, 3.8) is 0 Å². The summed E-state index contributed by atoms with van der Waals surface area (Å²) in [6.07, 6.45) is -4.41. The molecule has 0 amide bonds. The summed E-state index contributed by atoms with van der Waals surface area (Å²) in [4.78, 5) is 0. The number of halogens is 5. The molecule has 0 bridgehead atoms. The van der Waals surface area contributed by atoms with E-state index >= 15 is 0 Å². The van der Waals surface area contributed by atoms with Gasteiger partial charge in [0.15, 0.2) is 0 Å². The summed E-state index contributed by atoms with van der Waals surface area (Å²) in [5.41, 5.74) is 1.24. The first-order valence-electron chi connectivity index (χ1n) is 5.43. The molecule has 0 aromatic heterocycles. The fourth-order valence-corrected chi connectivity index (χ4v) is 2.47. The Morgan fingerprint density at radius 2 is 1.63 bits per heavy atom. The van der Waals surface area contributed by atoms with Crippen molar-refractivity contribution < 1.29 is 13.2 Å². The van der Waals surface area contributed by atoms with Gasteiger partial charge in [0.1, 0.15) is 0 Å². The van der Waals surface area contributed by atoms with Crippen molar-refractivity contribution >= 4 is 23.2 Å². The van der Waals surface area contributed by atoms with Gasteiger partial charge >= 0.3 is 6.18 Å².